The maximum atomic E-state index is 10.0. The number of hydrogen-bond acceptors (Lipinski definition) is 6. The normalized spacial score (nSPS) is 42.6. The maximum absolute atomic E-state index is 10.0. The summed E-state index contributed by atoms with van der Waals surface area (Å²) in [5, 5.41) is 29.5. The lowest BCUT2D eigenvalue weighted by Crippen LogP contribution is -2.49. The predicted molar refractivity (Wildman–Crippen MR) is 38.2 cm³/mol. The predicted octanol–water partition coefficient (Wildman–Crippen LogP) is -1.42. The van der Waals surface area contributed by atoms with Crippen molar-refractivity contribution in [2.24, 2.45) is 5.18 Å². The van der Waals surface area contributed by atoms with Gasteiger partial charge in [0.05, 0.1) is 12.7 Å². The third-order valence-corrected chi connectivity index (χ3v) is 1.85. The van der Waals surface area contributed by atoms with E-state index in [-0.39, 0.29) is 6.42 Å². The van der Waals surface area contributed by atoms with Gasteiger partial charge in [-0.15, -0.1) is 4.91 Å². The summed E-state index contributed by atoms with van der Waals surface area (Å²) in [4.78, 5) is 10.0. The lowest BCUT2D eigenvalue weighted by molar-refractivity contribution is -0.177. The summed E-state index contributed by atoms with van der Waals surface area (Å²) < 4.78 is 4.83. The molecule has 4 atom stereocenters. The highest BCUT2D eigenvalue weighted by molar-refractivity contribution is 4.83. The molecule has 12 heavy (non-hydrogen) atoms. The van der Waals surface area contributed by atoms with Crippen molar-refractivity contribution >= 4 is 0 Å². The van der Waals surface area contributed by atoms with Gasteiger partial charge in [-0.2, -0.15) is 0 Å². The SMILES string of the molecule is O=NC1CC(O)C(O)C(CO)O1. The van der Waals surface area contributed by atoms with Gasteiger partial charge in [-0.05, 0) is 5.18 Å². The Labute approximate surface area is 68.7 Å². The Bertz CT molecular complexity index is 164. The summed E-state index contributed by atoms with van der Waals surface area (Å²) in [6, 6.07) is 0. The second-order valence-corrected chi connectivity index (χ2v) is 2.71. The molecule has 1 aliphatic heterocycles. The van der Waals surface area contributed by atoms with Crippen molar-refractivity contribution in [1.29, 1.82) is 0 Å². The highest BCUT2D eigenvalue weighted by Crippen LogP contribution is 2.20. The second-order valence-electron chi connectivity index (χ2n) is 2.71. The summed E-state index contributed by atoms with van der Waals surface area (Å²) in [7, 11) is 0. The molecule has 6 heteroatoms. The van der Waals surface area contributed by atoms with Gasteiger partial charge in [0.15, 0.2) is 6.23 Å². The minimum atomic E-state index is -1.15. The number of rotatable bonds is 2. The largest absolute Gasteiger partial charge is 0.394 e. The highest BCUT2D eigenvalue weighted by Gasteiger charge is 2.36. The van der Waals surface area contributed by atoms with Gasteiger partial charge < -0.3 is 20.1 Å². The molecule has 1 fully saturated rings. The molecule has 0 radical (unpaired) electrons. The molecule has 0 saturated carbocycles. The average Bonchev–Trinajstić information content (AvgIpc) is 2.09. The quantitative estimate of drug-likeness (QED) is 0.449. The molecule has 1 saturated heterocycles. The molecular formula is C6H11NO5. The van der Waals surface area contributed by atoms with E-state index >= 15 is 0 Å². The zero-order chi connectivity index (χ0) is 9.14. The highest BCUT2D eigenvalue weighted by atomic mass is 16.5. The fourth-order valence-corrected chi connectivity index (χ4v) is 1.15. The van der Waals surface area contributed by atoms with Crippen LogP contribution in [-0.2, 0) is 4.74 Å². The first-order valence-corrected chi connectivity index (χ1v) is 3.64. The van der Waals surface area contributed by atoms with Crippen LogP contribution in [0.5, 0.6) is 0 Å². The third kappa shape index (κ3) is 1.78. The molecule has 0 bridgehead atoms. The van der Waals surface area contributed by atoms with Crippen LogP contribution in [0.15, 0.2) is 5.18 Å². The molecule has 6 nitrogen and oxygen atoms in total. The van der Waals surface area contributed by atoms with Gasteiger partial charge in [-0.3, -0.25) is 0 Å². The molecule has 1 rings (SSSR count). The van der Waals surface area contributed by atoms with Crippen LogP contribution in [0.1, 0.15) is 6.42 Å². The zero-order valence-electron chi connectivity index (χ0n) is 6.33. The van der Waals surface area contributed by atoms with Gasteiger partial charge in [0.1, 0.15) is 12.2 Å². The Balaban J connectivity index is 2.57. The van der Waals surface area contributed by atoms with Gasteiger partial charge >= 0.3 is 0 Å². The number of nitroso groups, excluding NO2 is 1. The standard InChI is InChI=1S/C6H11NO5/c8-2-4-6(10)3(9)1-5(7-11)12-4/h3-6,8-10H,1-2H2. The van der Waals surface area contributed by atoms with E-state index in [0.29, 0.717) is 0 Å². The lowest BCUT2D eigenvalue weighted by Gasteiger charge is -2.33. The molecule has 0 spiro atoms. The van der Waals surface area contributed by atoms with Crippen molar-refractivity contribution < 1.29 is 20.1 Å². The summed E-state index contributed by atoms with van der Waals surface area (Å²) in [5.74, 6) is 0. The Morgan fingerprint density at radius 1 is 1.50 bits per heavy atom. The summed E-state index contributed by atoms with van der Waals surface area (Å²) in [5.41, 5.74) is 0. The zero-order valence-corrected chi connectivity index (χ0v) is 6.33. The average molecular weight is 177 g/mol. The van der Waals surface area contributed by atoms with Crippen molar-refractivity contribution in [3.05, 3.63) is 4.91 Å². The Kier molecular flexibility index (Phi) is 3.10. The van der Waals surface area contributed by atoms with Crippen molar-refractivity contribution in [1.82, 2.24) is 0 Å². The number of nitrogens with zero attached hydrogens (tertiary/aromatic N) is 1. The molecule has 1 aliphatic rings. The number of aliphatic hydroxyl groups is 3. The smallest absolute Gasteiger partial charge is 0.192 e. The molecule has 0 aromatic heterocycles. The second kappa shape index (κ2) is 3.90. The molecular weight excluding hydrogens is 166 g/mol. The first-order chi connectivity index (χ1) is 5.69. The summed E-state index contributed by atoms with van der Waals surface area (Å²) in [6.45, 7) is -0.440. The van der Waals surface area contributed by atoms with Gasteiger partial charge in [-0.25, -0.2) is 0 Å². The monoisotopic (exact) mass is 177 g/mol. The fraction of sp³-hybridized carbons (Fsp3) is 1.00. The van der Waals surface area contributed by atoms with Crippen LogP contribution in [0.2, 0.25) is 0 Å². The Morgan fingerprint density at radius 3 is 2.67 bits per heavy atom. The molecule has 4 unspecified atom stereocenters. The van der Waals surface area contributed by atoms with Crippen LogP contribution in [0, 0.1) is 4.91 Å². The molecule has 0 amide bonds. The van der Waals surface area contributed by atoms with E-state index in [0.717, 1.165) is 0 Å². The van der Waals surface area contributed by atoms with Gasteiger partial charge in [0, 0.05) is 6.42 Å². The van der Waals surface area contributed by atoms with Crippen LogP contribution in [0.25, 0.3) is 0 Å². The van der Waals surface area contributed by atoms with E-state index in [4.69, 9.17) is 14.9 Å². The summed E-state index contributed by atoms with van der Waals surface area (Å²) >= 11 is 0. The minimum absolute atomic E-state index is 0.0266. The molecule has 0 aromatic carbocycles. The number of aliphatic hydroxyl groups excluding tert-OH is 3. The fourth-order valence-electron chi connectivity index (χ4n) is 1.15. The third-order valence-electron chi connectivity index (χ3n) is 1.85. The molecule has 70 valence electrons. The Hall–Kier alpha value is -0.560. The van der Waals surface area contributed by atoms with E-state index in [2.05, 4.69) is 5.18 Å². The minimum Gasteiger partial charge on any atom is -0.394 e. The first kappa shape index (κ1) is 9.53. The molecule has 3 N–H and O–H groups in total. The van der Waals surface area contributed by atoms with Crippen LogP contribution >= 0.6 is 0 Å². The topological polar surface area (TPSA) is 99.4 Å². The number of hydrogen-bond donors (Lipinski definition) is 3. The van der Waals surface area contributed by atoms with Gasteiger partial charge in [0.2, 0.25) is 0 Å². The van der Waals surface area contributed by atoms with Crippen LogP contribution in [-0.4, -0.2) is 46.5 Å². The van der Waals surface area contributed by atoms with Crippen LogP contribution in [0.3, 0.4) is 0 Å². The number of ether oxygens (including phenoxy) is 1. The first-order valence-electron chi connectivity index (χ1n) is 3.64. The van der Waals surface area contributed by atoms with Crippen molar-refractivity contribution in [2.45, 2.75) is 31.0 Å². The summed E-state index contributed by atoms with van der Waals surface area (Å²) in [6.07, 6.45) is -4.12. The lowest BCUT2D eigenvalue weighted by atomic mass is 10.0. The van der Waals surface area contributed by atoms with E-state index in [1.54, 1.807) is 0 Å². The van der Waals surface area contributed by atoms with E-state index in [1.807, 2.05) is 0 Å². The maximum Gasteiger partial charge on any atom is 0.192 e. The van der Waals surface area contributed by atoms with Crippen molar-refractivity contribution in [2.75, 3.05) is 6.61 Å². The van der Waals surface area contributed by atoms with Gasteiger partial charge in [0.25, 0.3) is 0 Å². The van der Waals surface area contributed by atoms with Crippen molar-refractivity contribution in [3.63, 3.8) is 0 Å². The molecule has 0 aromatic rings. The van der Waals surface area contributed by atoms with Crippen molar-refractivity contribution in [3.8, 4) is 0 Å². The van der Waals surface area contributed by atoms with Crippen LogP contribution in [0.4, 0.5) is 0 Å². The molecule has 1 heterocycles. The Morgan fingerprint density at radius 2 is 2.17 bits per heavy atom. The van der Waals surface area contributed by atoms with E-state index < -0.39 is 31.1 Å². The van der Waals surface area contributed by atoms with E-state index in [1.165, 1.54) is 0 Å². The molecule has 0 aliphatic carbocycles. The van der Waals surface area contributed by atoms with Gasteiger partial charge in [-0.1, -0.05) is 0 Å². The van der Waals surface area contributed by atoms with E-state index in [9.17, 15) is 10.0 Å². The van der Waals surface area contributed by atoms with Crippen LogP contribution < -0.4 is 0 Å².